The van der Waals surface area contributed by atoms with Gasteiger partial charge < -0.3 is 10.4 Å². The van der Waals surface area contributed by atoms with Crippen molar-refractivity contribution in [2.24, 2.45) is 0 Å². The summed E-state index contributed by atoms with van der Waals surface area (Å²) < 4.78 is 0. The second-order valence-electron chi connectivity index (χ2n) is 5.11. The summed E-state index contributed by atoms with van der Waals surface area (Å²) in [6.45, 7) is 5.80. The number of carbonyl (C=O) groups is 1. The fourth-order valence-electron chi connectivity index (χ4n) is 2.12. The van der Waals surface area contributed by atoms with Gasteiger partial charge in [-0.3, -0.25) is 4.79 Å². The maximum absolute atomic E-state index is 12.2. The molecule has 2 aromatic rings. The van der Waals surface area contributed by atoms with Crippen LogP contribution in [0.4, 0.5) is 0 Å². The quantitative estimate of drug-likeness (QED) is 0.896. The molecule has 0 aromatic heterocycles. The summed E-state index contributed by atoms with van der Waals surface area (Å²) in [6, 6.07) is 12.8. The third-order valence-electron chi connectivity index (χ3n) is 3.38. The zero-order valence-electron chi connectivity index (χ0n) is 12.0. The van der Waals surface area contributed by atoms with Crippen LogP contribution in [0.3, 0.4) is 0 Å². The van der Waals surface area contributed by atoms with E-state index in [1.807, 2.05) is 45.0 Å². The number of nitrogens with one attached hydrogen (secondary N) is 1. The number of hydrogen-bond acceptors (Lipinski definition) is 2. The van der Waals surface area contributed by atoms with Crippen LogP contribution in [-0.2, 0) is 0 Å². The summed E-state index contributed by atoms with van der Waals surface area (Å²) in [7, 11) is 0. The number of carbonyl (C=O) groups excluding carboxylic acids is 1. The van der Waals surface area contributed by atoms with Gasteiger partial charge in [-0.2, -0.15) is 0 Å². The summed E-state index contributed by atoms with van der Waals surface area (Å²) in [5, 5.41) is 12.3. The summed E-state index contributed by atoms with van der Waals surface area (Å²) in [5.41, 5.74) is 3.61. The first-order valence-electron chi connectivity index (χ1n) is 6.64. The Bertz CT molecular complexity index is 617. The minimum absolute atomic E-state index is 0.0590. The van der Waals surface area contributed by atoms with Crippen molar-refractivity contribution in [2.75, 3.05) is 0 Å². The zero-order valence-corrected chi connectivity index (χ0v) is 12.0. The molecule has 1 atom stereocenters. The lowest BCUT2D eigenvalue weighted by atomic mass is 10.0. The number of phenols is 1. The Morgan fingerprint density at radius 3 is 2.35 bits per heavy atom. The van der Waals surface area contributed by atoms with Crippen molar-refractivity contribution in [1.29, 1.82) is 0 Å². The number of hydrogen-bond donors (Lipinski definition) is 2. The SMILES string of the molecule is Cc1ccc(C(C)NC(=O)c2ccc(O)cc2C)cc1. The average Bonchev–Trinajstić information content (AvgIpc) is 2.39. The average molecular weight is 269 g/mol. The van der Waals surface area contributed by atoms with Gasteiger partial charge in [0.1, 0.15) is 5.75 Å². The molecule has 3 nitrogen and oxygen atoms in total. The van der Waals surface area contributed by atoms with Crippen LogP contribution in [0.2, 0.25) is 0 Å². The number of phenolic OH excluding ortho intramolecular Hbond substituents is 1. The van der Waals surface area contributed by atoms with Gasteiger partial charge in [0, 0.05) is 5.56 Å². The second kappa shape index (κ2) is 5.78. The molecule has 0 spiro atoms. The highest BCUT2D eigenvalue weighted by Gasteiger charge is 2.13. The van der Waals surface area contributed by atoms with Crippen molar-refractivity contribution in [2.45, 2.75) is 26.8 Å². The molecule has 0 fully saturated rings. The van der Waals surface area contributed by atoms with Crippen molar-refractivity contribution in [3.05, 3.63) is 64.7 Å². The lowest BCUT2D eigenvalue weighted by Crippen LogP contribution is -2.27. The maximum Gasteiger partial charge on any atom is 0.252 e. The van der Waals surface area contributed by atoms with Gasteiger partial charge in [-0.15, -0.1) is 0 Å². The predicted octanol–water partition coefficient (Wildman–Crippen LogP) is 3.50. The summed E-state index contributed by atoms with van der Waals surface area (Å²) >= 11 is 0. The van der Waals surface area contributed by atoms with Crippen LogP contribution in [0.1, 0.15) is 40.0 Å². The number of aryl methyl sites for hydroxylation is 2. The van der Waals surface area contributed by atoms with Crippen LogP contribution in [-0.4, -0.2) is 11.0 Å². The van der Waals surface area contributed by atoms with Crippen LogP contribution in [0, 0.1) is 13.8 Å². The number of benzene rings is 2. The normalized spacial score (nSPS) is 11.9. The van der Waals surface area contributed by atoms with E-state index < -0.39 is 0 Å². The van der Waals surface area contributed by atoms with Crippen LogP contribution in [0.25, 0.3) is 0 Å². The molecule has 104 valence electrons. The standard InChI is InChI=1S/C17H19NO2/c1-11-4-6-14(7-5-11)13(3)18-17(20)16-9-8-15(19)10-12(16)2/h4-10,13,19H,1-3H3,(H,18,20). The molecule has 2 rings (SSSR count). The van der Waals surface area contributed by atoms with Gasteiger partial charge in [0.05, 0.1) is 6.04 Å². The zero-order chi connectivity index (χ0) is 14.7. The van der Waals surface area contributed by atoms with Gasteiger partial charge in [-0.05, 0) is 50.1 Å². The van der Waals surface area contributed by atoms with Gasteiger partial charge in [0.25, 0.3) is 5.91 Å². The van der Waals surface area contributed by atoms with Crippen molar-refractivity contribution in [3.63, 3.8) is 0 Å². The van der Waals surface area contributed by atoms with Crippen LogP contribution >= 0.6 is 0 Å². The lowest BCUT2D eigenvalue weighted by Gasteiger charge is -2.15. The lowest BCUT2D eigenvalue weighted by molar-refractivity contribution is 0.0939. The topological polar surface area (TPSA) is 49.3 Å². The van der Waals surface area contributed by atoms with Gasteiger partial charge in [-0.25, -0.2) is 0 Å². The minimum atomic E-state index is -0.129. The largest absolute Gasteiger partial charge is 0.508 e. The number of amides is 1. The highest BCUT2D eigenvalue weighted by Crippen LogP contribution is 2.18. The highest BCUT2D eigenvalue weighted by molar-refractivity contribution is 5.96. The molecule has 0 saturated carbocycles. The Morgan fingerprint density at radius 1 is 1.10 bits per heavy atom. The van der Waals surface area contributed by atoms with E-state index in [-0.39, 0.29) is 17.7 Å². The maximum atomic E-state index is 12.2. The van der Waals surface area contributed by atoms with Gasteiger partial charge >= 0.3 is 0 Å². The molecule has 0 bridgehead atoms. The molecule has 2 aromatic carbocycles. The van der Waals surface area contributed by atoms with E-state index in [0.717, 1.165) is 11.1 Å². The van der Waals surface area contributed by atoms with Gasteiger partial charge in [0.2, 0.25) is 0 Å². The molecule has 1 unspecified atom stereocenters. The molecular weight excluding hydrogens is 250 g/mol. The molecule has 0 aliphatic rings. The minimum Gasteiger partial charge on any atom is -0.508 e. The molecule has 1 amide bonds. The monoisotopic (exact) mass is 269 g/mol. The molecule has 0 heterocycles. The predicted molar refractivity (Wildman–Crippen MR) is 79.9 cm³/mol. The molecule has 0 aliphatic heterocycles. The summed E-state index contributed by atoms with van der Waals surface area (Å²) in [4.78, 5) is 12.2. The van der Waals surface area contributed by atoms with E-state index in [9.17, 15) is 9.90 Å². The van der Waals surface area contributed by atoms with Crippen LogP contribution in [0.15, 0.2) is 42.5 Å². The third-order valence-corrected chi connectivity index (χ3v) is 3.38. The first-order valence-corrected chi connectivity index (χ1v) is 6.64. The Morgan fingerprint density at radius 2 is 1.75 bits per heavy atom. The summed E-state index contributed by atoms with van der Waals surface area (Å²) in [6.07, 6.45) is 0. The molecule has 2 N–H and O–H groups in total. The molecule has 0 saturated heterocycles. The van der Waals surface area contributed by atoms with E-state index in [1.165, 1.54) is 11.6 Å². The first-order chi connectivity index (χ1) is 9.47. The van der Waals surface area contributed by atoms with Gasteiger partial charge in [-0.1, -0.05) is 29.8 Å². The summed E-state index contributed by atoms with van der Waals surface area (Å²) in [5.74, 6) is 0.0428. The molecule has 3 heteroatoms. The molecular formula is C17H19NO2. The van der Waals surface area contributed by atoms with Crippen molar-refractivity contribution in [3.8, 4) is 5.75 Å². The Kier molecular flexibility index (Phi) is 4.08. The van der Waals surface area contributed by atoms with Crippen LogP contribution < -0.4 is 5.32 Å². The van der Waals surface area contributed by atoms with Crippen molar-refractivity contribution >= 4 is 5.91 Å². The third kappa shape index (κ3) is 3.18. The first kappa shape index (κ1) is 14.1. The Hall–Kier alpha value is -2.29. The molecule has 0 aliphatic carbocycles. The van der Waals surface area contributed by atoms with Gasteiger partial charge in [0.15, 0.2) is 0 Å². The van der Waals surface area contributed by atoms with E-state index in [0.29, 0.717) is 5.56 Å². The number of rotatable bonds is 3. The fraction of sp³-hybridized carbons (Fsp3) is 0.235. The number of aromatic hydroxyl groups is 1. The Labute approximate surface area is 119 Å². The van der Waals surface area contributed by atoms with E-state index in [4.69, 9.17) is 0 Å². The molecule has 20 heavy (non-hydrogen) atoms. The Balaban J connectivity index is 2.13. The van der Waals surface area contributed by atoms with Crippen molar-refractivity contribution < 1.29 is 9.90 Å². The fourth-order valence-corrected chi connectivity index (χ4v) is 2.12. The van der Waals surface area contributed by atoms with E-state index >= 15 is 0 Å². The van der Waals surface area contributed by atoms with Crippen LogP contribution in [0.5, 0.6) is 5.75 Å². The van der Waals surface area contributed by atoms with E-state index in [2.05, 4.69) is 5.32 Å². The smallest absolute Gasteiger partial charge is 0.252 e. The molecule has 0 radical (unpaired) electrons. The van der Waals surface area contributed by atoms with E-state index in [1.54, 1.807) is 12.1 Å². The highest BCUT2D eigenvalue weighted by atomic mass is 16.3. The second-order valence-corrected chi connectivity index (χ2v) is 5.11. The van der Waals surface area contributed by atoms with Crippen molar-refractivity contribution in [1.82, 2.24) is 5.32 Å².